The first kappa shape index (κ1) is 15.9. The number of thiazole rings is 1. The maximum absolute atomic E-state index is 11.8. The van der Waals surface area contributed by atoms with Crippen LogP contribution in [0.15, 0.2) is 11.6 Å². The lowest BCUT2D eigenvalue weighted by atomic mass is 10.2. The summed E-state index contributed by atoms with van der Waals surface area (Å²) in [6, 6.07) is 0.130. The van der Waals surface area contributed by atoms with Gasteiger partial charge in [-0.2, -0.15) is 0 Å². The van der Waals surface area contributed by atoms with E-state index in [2.05, 4.69) is 19.9 Å². The third kappa shape index (κ3) is 3.19. The minimum Gasteiger partial charge on any atom is -0.461 e. The van der Waals surface area contributed by atoms with Gasteiger partial charge in [0, 0.05) is 23.8 Å². The Labute approximate surface area is 139 Å². The molecule has 23 heavy (non-hydrogen) atoms. The molecule has 0 unspecified atom stereocenters. The summed E-state index contributed by atoms with van der Waals surface area (Å²) >= 11 is 1.50. The van der Waals surface area contributed by atoms with Gasteiger partial charge < -0.3 is 9.64 Å². The number of carbonyl (C=O) groups excluding carboxylic acids is 1. The third-order valence-corrected chi connectivity index (χ3v) is 4.96. The molecule has 7 heteroatoms. The number of hydrogen-bond acceptors (Lipinski definition) is 7. The van der Waals surface area contributed by atoms with E-state index in [0.29, 0.717) is 12.3 Å². The highest BCUT2D eigenvalue weighted by atomic mass is 32.1. The monoisotopic (exact) mass is 332 g/mol. The summed E-state index contributed by atoms with van der Waals surface area (Å²) in [5, 5.41) is 2.69. The first-order valence-corrected chi connectivity index (χ1v) is 8.67. The number of ether oxygens (including phenoxy) is 1. The van der Waals surface area contributed by atoms with Gasteiger partial charge in [0.25, 0.3) is 0 Å². The van der Waals surface area contributed by atoms with Crippen molar-refractivity contribution in [2.45, 2.75) is 39.7 Å². The average molecular weight is 332 g/mol. The summed E-state index contributed by atoms with van der Waals surface area (Å²) < 4.78 is 5.01. The molecule has 0 aromatic carbocycles. The van der Waals surface area contributed by atoms with Crippen molar-refractivity contribution in [1.82, 2.24) is 15.0 Å². The van der Waals surface area contributed by atoms with Crippen LogP contribution in [0.3, 0.4) is 0 Å². The topological polar surface area (TPSA) is 68.2 Å². The number of hydrogen-bond donors (Lipinski definition) is 0. The summed E-state index contributed by atoms with van der Waals surface area (Å²) in [5.41, 5.74) is 2.47. The second-order valence-electron chi connectivity index (χ2n) is 5.58. The van der Waals surface area contributed by atoms with Gasteiger partial charge in [0.05, 0.1) is 12.6 Å². The van der Waals surface area contributed by atoms with Crippen LogP contribution >= 0.6 is 11.3 Å². The first-order valence-electron chi connectivity index (χ1n) is 7.79. The van der Waals surface area contributed by atoms with Crippen molar-refractivity contribution in [3.05, 3.63) is 33.5 Å². The van der Waals surface area contributed by atoms with Crippen LogP contribution in [0.5, 0.6) is 0 Å². The molecule has 0 saturated carbocycles. The fourth-order valence-electron chi connectivity index (χ4n) is 2.66. The Morgan fingerprint density at radius 3 is 3.00 bits per heavy atom. The SMILES string of the molecule is CCOC(=O)c1csc([C@@H]2CCCN2c2ncc(C)c(C)n2)n1. The van der Waals surface area contributed by atoms with Crippen LogP contribution in [0.2, 0.25) is 0 Å². The highest BCUT2D eigenvalue weighted by Crippen LogP contribution is 2.36. The molecule has 1 fully saturated rings. The molecule has 122 valence electrons. The number of carbonyl (C=O) groups is 1. The summed E-state index contributed by atoms with van der Waals surface area (Å²) in [7, 11) is 0. The minimum atomic E-state index is -0.359. The molecule has 2 aromatic heterocycles. The van der Waals surface area contributed by atoms with Gasteiger partial charge >= 0.3 is 5.97 Å². The fraction of sp³-hybridized carbons (Fsp3) is 0.500. The van der Waals surface area contributed by atoms with Crippen molar-refractivity contribution < 1.29 is 9.53 Å². The molecular formula is C16H20N4O2S. The number of esters is 1. The van der Waals surface area contributed by atoms with E-state index < -0.39 is 0 Å². The van der Waals surface area contributed by atoms with Gasteiger partial charge in [0.2, 0.25) is 5.95 Å². The molecule has 0 bridgehead atoms. The van der Waals surface area contributed by atoms with Gasteiger partial charge in [-0.3, -0.25) is 0 Å². The molecule has 0 amide bonds. The van der Waals surface area contributed by atoms with Gasteiger partial charge in [-0.1, -0.05) is 0 Å². The van der Waals surface area contributed by atoms with Crippen molar-refractivity contribution in [2.75, 3.05) is 18.1 Å². The summed E-state index contributed by atoms with van der Waals surface area (Å²) in [4.78, 5) is 27.5. The van der Waals surface area contributed by atoms with E-state index in [1.165, 1.54) is 11.3 Å². The molecule has 1 atom stereocenters. The molecule has 0 radical (unpaired) electrons. The van der Waals surface area contributed by atoms with E-state index >= 15 is 0 Å². The zero-order chi connectivity index (χ0) is 16.4. The zero-order valence-corrected chi connectivity index (χ0v) is 14.4. The Morgan fingerprint density at radius 2 is 2.26 bits per heavy atom. The van der Waals surface area contributed by atoms with Gasteiger partial charge in [-0.05, 0) is 39.2 Å². The Hall–Kier alpha value is -2.02. The van der Waals surface area contributed by atoms with Gasteiger partial charge in [-0.15, -0.1) is 11.3 Å². The van der Waals surface area contributed by atoms with Crippen molar-refractivity contribution in [3.8, 4) is 0 Å². The Kier molecular flexibility index (Phi) is 4.56. The molecule has 1 saturated heterocycles. The van der Waals surface area contributed by atoms with Gasteiger partial charge in [0.15, 0.2) is 5.69 Å². The second-order valence-corrected chi connectivity index (χ2v) is 6.47. The standard InChI is InChI=1S/C16H20N4O2S/c1-4-22-15(21)12-9-23-14(19-12)13-6-5-7-20(13)16-17-8-10(2)11(3)18-16/h8-9,13H,4-7H2,1-3H3/t13-/m0/s1. The molecule has 3 rings (SSSR count). The third-order valence-electron chi connectivity index (χ3n) is 4.01. The van der Waals surface area contributed by atoms with Crippen molar-refractivity contribution in [1.29, 1.82) is 0 Å². The highest BCUT2D eigenvalue weighted by Gasteiger charge is 2.31. The van der Waals surface area contributed by atoms with E-state index in [0.717, 1.165) is 41.6 Å². The predicted molar refractivity (Wildman–Crippen MR) is 88.9 cm³/mol. The van der Waals surface area contributed by atoms with E-state index in [9.17, 15) is 4.79 Å². The molecule has 1 aliphatic rings. The predicted octanol–water partition coefficient (Wildman–Crippen LogP) is 3.07. The molecule has 0 aliphatic carbocycles. The van der Waals surface area contributed by atoms with Crippen LogP contribution in [0.25, 0.3) is 0 Å². The zero-order valence-electron chi connectivity index (χ0n) is 13.6. The maximum Gasteiger partial charge on any atom is 0.357 e. The largest absolute Gasteiger partial charge is 0.461 e. The second kappa shape index (κ2) is 6.62. The number of aryl methyl sites for hydroxylation is 2. The van der Waals surface area contributed by atoms with E-state index in [4.69, 9.17) is 4.74 Å². The van der Waals surface area contributed by atoms with Crippen LogP contribution in [-0.2, 0) is 4.74 Å². The molecular weight excluding hydrogens is 312 g/mol. The Balaban J connectivity index is 1.84. The average Bonchev–Trinajstić information content (AvgIpc) is 3.18. The van der Waals surface area contributed by atoms with Gasteiger partial charge in [-0.25, -0.2) is 19.7 Å². The molecule has 2 aromatic rings. The van der Waals surface area contributed by atoms with Crippen LogP contribution in [0, 0.1) is 13.8 Å². The minimum absolute atomic E-state index is 0.130. The molecule has 6 nitrogen and oxygen atoms in total. The lowest BCUT2D eigenvalue weighted by Crippen LogP contribution is -2.25. The van der Waals surface area contributed by atoms with Crippen LogP contribution in [-0.4, -0.2) is 34.1 Å². The lowest BCUT2D eigenvalue weighted by Gasteiger charge is -2.23. The molecule has 0 spiro atoms. The number of nitrogens with zero attached hydrogens (tertiary/aromatic N) is 4. The molecule has 0 N–H and O–H groups in total. The fourth-order valence-corrected chi connectivity index (χ4v) is 3.59. The number of anilines is 1. The molecule has 1 aliphatic heterocycles. The Bertz CT molecular complexity index is 716. The van der Waals surface area contributed by atoms with Crippen LogP contribution in [0.4, 0.5) is 5.95 Å². The Morgan fingerprint density at radius 1 is 1.43 bits per heavy atom. The van der Waals surface area contributed by atoms with Crippen molar-refractivity contribution in [3.63, 3.8) is 0 Å². The highest BCUT2D eigenvalue weighted by molar-refractivity contribution is 7.10. The number of aromatic nitrogens is 3. The van der Waals surface area contributed by atoms with E-state index in [1.54, 1.807) is 12.3 Å². The quantitative estimate of drug-likeness (QED) is 0.802. The summed E-state index contributed by atoms with van der Waals surface area (Å²) in [5.74, 6) is 0.380. The maximum atomic E-state index is 11.8. The van der Waals surface area contributed by atoms with Crippen LogP contribution in [0.1, 0.15) is 52.6 Å². The van der Waals surface area contributed by atoms with Crippen molar-refractivity contribution in [2.24, 2.45) is 0 Å². The molecule has 3 heterocycles. The lowest BCUT2D eigenvalue weighted by molar-refractivity contribution is 0.0520. The van der Waals surface area contributed by atoms with E-state index in [-0.39, 0.29) is 12.0 Å². The summed E-state index contributed by atoms with van der Waals surface area (Å²) in [6.07, 6.45) is 3.92. The number of rotatable bonds is 4. The van der Waals surface area contributed by atoms with Gasteiger partial charge in [0.1, 0.15) is 5.01 Å². The normalized spacial score (nSPS) is 17.5. The smallest absolute Gasteiger partial charge is 0.357 e. The van der Waals surface area contributed by atoms with Crippen LogP contribution < -0.4 is 4.90 Å². The summed E-state index contributed by atoms with van der Waals surface area (Å²) in [6.45, 7) is 7.06. The first-order chi connectivity index (χ1) is 11.1. The van der Waals surface area contributed by atoms with E-state index in [1.807, 2.05) is 20.0 Å². The van der Waals surface area contributed by atoms with Crippen molar-refractivity contribution >= 4 is 23.3 Å².